The lowest BCUT2D eigenvalue weighted by Crippen LogP contribution is -2.30. The van der Waals surface area contributed by atoms with Gasteiger partial charge in [-0.05, 0) is 12.1 Å². The molecule has 1 amide bonds. The van der Waals surface area contributed by atoms with Gasteiger partial charge in [0.15, 0.2) is 11.6 Å². The number of nitrogens with zero attached hydrogens (tertiary/aromatic N) is 1. The van der Waals surface area contributed by atoms with E-state index in [4.69, 9.17) is 22.7 Å². The maximum Gasteiger partial charge on any atom is 0.225 e. The first kappa shape index (κ1) is 15.4. The molecule has 0 saturated heterocycles. The van der Waals surface area contributed by atoms with Gasteiger partial charge in [-0.25, -0.2) is 4.39 Å². The molecule has 0 atom stereocenters. The highest BCUT2D eigenvalue weighted by Crippen LogP contribution is 2.15. The molecule has 6 heteroatoms. The normalized spacial score (nSPS) is 10.0. The van der Waals surface area contributed by atoms with E-state index in [0.29, 0.717) is 18.0 Å². The Balaban J connectivity index is 2.31. The first-order valence-corrected chi connectivity index (χ1v) is 6.31. The van der Waals surface area contributed by atoms with E-state index in [9.17, 15) is 9.18 Å². The molecular formula is C13H17FN2O2S. The topological polar surface area (TPSA) is 55.6 Å². The first-order chi connectivity index (χ1) is 9.00. The van der Waals surface area contributed by atoms with Gasteiger partial charge in [0.1, 0.15) is 0 Å². The third kappa shape index (κ3) is 5.65. The number of carbonyl (C=O) groups excluding carboxylic acids is 1. The van der Waals surface area contributed by atoms with E-state index in [0.717, 1.165) is 0 Å². The van der Waals surface area contributed by atoms with Gasteiger partial charge in [0.25, 0.3) is 0 Å². The monoisotopic (exact) mass is 284 g/mol. The lowest BCUT2D eigenvalue weighted by molar-refractivity contribution is -0.130. The fourth-order valence-electron chi connectivity index (χ4n) is 1.40. The second-order valence-corrected chi connectivity index (χ2v) is 4.58. The smallest absolute Gasteiger partial charge is 0.225 e. The number of para-hydroxylation sites is 1. The average Bonchev–Trinajstić information content (AvgIpc) is 2.38. The van der Waals surface area contributed by atoms with Crippen molar-refractivity contribution in [2.75, 3.05) is 20.2 Å². The molecule has 0 aliphatic carbocycles. The van der Waals surface area contributed by atoms with Crippen LogP contribution in [0.2, 0.25) is 0 Å². The molecule has 0 radical (unpaired) electrons. The number of hydrogen-bond acceptors (Lipinski definition) is 3. The first-order valence-electron chi connectivity index (χ1n) is 5.90. The summed E-state index contributed by atoms with van der Waals surface area (Å²) in [5.74, 6) is -0.370. The molecule has 4 nitrogen and oxygen atoms in total. The maximum absolute atomic E-state index is 13.2. The SMILES string of the molecule is CN(CCC(N)=S)C(=O)CCOc1ccccc1F. The van der Waals surface area contributed by atoms with Crippen molar-refractivity contribution >= 4 is 23.1 Å². The van der Waals surface area contributed by atoms with Crippen LogP contribution in [0.25, 0.3) is 0 Å². The van der Waals surface area contributed by atoms with Gasteiger partial charge in [0, 0.05) is 20.0 Å². The molecule has 0 bridgehead atoms. The van der Waals surface area contributed by atoms with Gasteiger partial charge in [-0.15, -0.1) is 0 Å². The van der Waals surface area contributed by atoms with Crippen molar-refractivity contribution < 1.29 is 13.9 Å². The minimum Gasteiger partial charge on any atom is -0.490 e. The average molecular weight is 284 g/mol. The van der Waals surface area contributed by atoms with Crippen LogP contribution in [0.3, 0.4) is 0 Å². The standard InChI is InChI=1S/C13H17FN2O2S/c1-16(8-6-12(15)19)13(17)7-9-18-11-5-3-2-4-10(11)14/h2-5H,6-9H2,1H3,(H2,15,19). The summed E-state index contributed by atoms with van der Waals surface area (Å²) < 4.78 is 18.4. The highest BCUT2D eigenvalue weighted by Gasteiger charge is 2.09. The van der Waals surface area contributed by atoms with E-state index in [1.165, 1.54) is 17.0 Å². The van der Waals surface area contributed by atoms with E-state index < -0.39 is 5.82 Å². The second kappa shape index (κ2) is 7.68. The number of benzene rings is 1. The Morgan fingerprint density at radius 2 is 2.11 bits per heavy atom. The van der Waals surface area contributed by atoms with Gasteiger partial charge in [-0.1, -0.05) is 24.4 Å². The van der Waals surface area contributed by atoms with Gasteiger partial charge in [-0.3, -0.25) is 4.79 Å². The Kier molecular flexibility index (Phi) is 6.21. The fourth-order valence-corrected chi connectivity index (χ4v) is 1.49. The van der Waals surface area contributed by atoms with E-state index in [2.05, 4.69) is 0 Å². The zero-order chi connectivity index (χ0) is 14.3. The summed E-state index contributed by atoms with van der Waals surface area (Å²) in [6, 6.07) is 6.09. The molecule has 0 aliphatic rings. The third-order valence-electron chi connectivity index (χ3n) is 2.53. The summed E-state index contributed by atoms with van der Waals surface area (Å²) >= 11 is 4.74. The largest absolute Gasteiger partial charge is 0.490 e. The molecular weight excluding hydrogens is 267 g/mol. The van der Waals surface area contributed by atoms with Crippen LogP contribution in [-0.4, -0.2) is 36.0 Å². The van der Waals surface area contributed by atoms with Crippen LogP contribution in [-0.2, 0) is 4.79 Å². The number of ether oxygens (including phenoxy) is 1. The van der Waals surface area contributed by atoms with Gasteiger partial charge < -0.3 is 15.4 Å². The third-order valence-corrected chi connectivity index (χ3v) is 2.73. The summed E-state index contributed by atoms with van der Waals surface area (Å²) in [6.07, 6.45) is 0.675. The predicted molar refractivity (Wildman–Crippen MR) is 75.6 cm³/mol. The van der Waals surface area contributed by atoms with Gasteiger partial charge in [-0.2, -0.15) is 0 Å². The maximum atomic E-state index is 13.2. The van der Waals surface area contributed by atoms with E-state index >= 15 is 0 Å². The van der Waals surface area contributed by atoms with E-state index in [-0.39, 0.29) is 24.7 Å². The zero-order valence-corrected chi connectivity index (χ0v) is 11.6. The van der Waals surface area contributed by atoms with Gasteiger partial charge in [0.2, 0.25) is 5.91 Å². The number of halogens is 1. The number of thiocarbonyl (C=S) groups is 1. The Morgan fingerprint density at radius 1 is 1.42 bits per heavy atom. The molecule has 1 rings (SSSR count). The summed E-state index contributed by atoms with van der Waals surface area (Å²) in [7, 11) is 1.67. The van der Waals surface area contributed by atoms with Crippen LogP contribution in [0.5, 0.6) is 5.75 Å². The highest BCUT2D eigenvalue weighted by molar-refractivity contribution is 7.80. The number of hydrogen-bond donors (Lipinski definition) is 1. The molecule has 0 spiro atoms. The van der Waals surface area contributed by atoms with Crippen LogP contribution >= 0.6 is 12.2 Å². The molecule has 19 heavy (non-hydrogen) atoms. The molecule has 0 aliphatic heterocycles. The van der Waals surface area contributed by atoms with Crippen molar-refractivity contribution in [1.82, 2.24) is 4.90 Å². The van der Waals surface area contributed by atoms with Crippen LogP contribution < -0.4 is 10.5 Å². The highest BCUT2D eigenvalue weighted by atomic mass is 32.1. The molecule has 2 N–H and O–H groups in total. The second-order valence-electron chi connectivity index (χ2n) is 4.06. The van der Waals surface area contributed by atoms with Crippen LogP contribution in [0.15, 0.2) is 24.3 Å². The van der Waals surface area contributed by atoms with Crippen LogP contribution in [0.4, 0.5) is 4.39 Å². The van der Waals surface area contributed by atoms with Crippen LogP contribution in [0, 0.1) is 5.82 Å². The van der Waals surface area contributed by atoms with Crippen molar-refractivity contribution in [2.45, 2.75) is 12.8 Å². The van der Waals surface area contributed by atoms with Crippen LogP contribution in [0.1, 0.15) is 12.8 Å². The van der Waals surface area contributed by atoms with Crippen molar-refractivity contribution in [2.24, 2.45) is 5.73 Å². The van der Waals surface area contributed by atoms with Gasteiger partial charge in [0.05, 0.1) is 18.0 Å². The molecule has 0 aromatic heterocycles. The predicted octanol–water partition coefficient (Wildman–Crippen LogP) is 1.73. The van der Waals surface area contributed by atoms with E-state index in [1.54, 1.807) is 19.2 Å². The molecule has 0 saturated carbocycles. The summed E-state index contributed by atoms with van der Waals surface area (Å²) in [5.41, 5.74) is 5.36. The molecule has 1 aromatic rings. The Labute approximate surface area is 117 Å². The molecule has 0 unspecified atom stereocenters. The van der Waals surface area contributed by atoms with Crippen molar-refractivity contribution in [3.8, 4) is 5.75 Å². The Hall–Kier alpha value is -1.69. The molecule has 1 aromatic carbocycles. The fraction of sp³-hybridized carbons (Fsp3) is 0.385. The summed E-state index contributed by atoms with van der Waals surface area (Å²) in [4.78, 5) is 13.6. The van der Waals surface area contributed by atoms with Crippen molar-refractivity contribution in [3.05, 3.63) is 30.1 Å². The van der Waals surface area contributed by atoms with Gasteiger partial charge >= 0.3 is 0 Å². The minimum absolute atomic E-state index is 0.0902. The number of nitrogens with two attached hydrogens (primary N) is 1. The summed E-state index contributed by atoms with van der Waals surface area (Å²) in [6.45, 7) is 0.616. The zero-order valence-electron chi connectivity index (χ0n) is 10.8. The molecule has 0 heterocycles. The number of carbonyl (C=O) groups is 1. The lowest BCUT2D eigenvalue weighted by Gasteiger charge is -2.16. The number of rotatable bonds is 7. The minimum atomic E-state index is -0.434. The Bertz CT molecular complexity index is 454. The summed E-state index contributed by atoms with van der Waals surface area (Å²) in [5, 5.41) is 0. The van der Waals surface area contributed by atoms with Crippen molar-refractivity contribution in [3.63, 3.8) is 0 Å². The Morgan fingerprint density at radius 3 is 2.74 bits per heavy atom. The molecule has 104 valence electrons. The molecule has 0 fully saturated rings. The van der Waals surface area contributed by atoms with Crippen molar-refractivity contribution in [1.29, 1.82) is 0 Å². The quantitative estimate of drug-likeness (QED) is 0.775. The van der Waals surface area contributed by atoms with E-state index in [1.807, 2.05) is 0 Å². The lowest BCUT2D eigenvalue weighted by atomic mass is 10.3. The number of amides is 1.